The van der Waals surface area contributed by atoms with Gasteiger partial charge in [-0.05, 0) is 25.7 Å². The summed E-state index contributed by atoms with van der Waals surface area (Å²) in [6, 6.07) is 0.353. The van der Waals surface area contributed by atoms with Gasteiger partial charge in [0, 0.05) is 25.3 Å². The van der Waals surface area contributed by atoms with E-state index in [9.17, 15) is 0 Å². The molecule has 2 N–H and O–H groups in total. The third-order valence-electron chi connectivity index (χ3n) is 3.13. The average molecular weight is 217 g/mol. The summed E-state index contributed by atoms with van der Waals surface area (Å²) in [5, 5.41) is 12.6. The molecule has 15 heavy (non-hydrogen) atoms. The standard InChI is InChI=1S/C12H27NO2/c1-6-12(4,7-8-14)13-11(9-15-5)10(2)3/h10-11,13-14H,6-9H2,1-5H3. The Morgan fingerprint density at radius 3 is 2.33 bits per heavy atom. The average Bonchev–Trinajstić information content (AvgIpc) is 2.17. The van der Waals surface area contributed by atoms with E-state index in [1.165, 1.54) is 0 Å². The maximum Gasteiger partial charge on any atom is 0.0618 e. The van der Waals surface area contributed by atoms with Gasteiger partial charge in [-0.1, -0.05) is 20.8 Å². The third-order valence-corrected chi connectivity index (χ3v) is 3.13. The molecule has 0 saturated carbocycles. The van der Waals surface area contributed by atoms with Crippen LogP contribution in [0, 0.1) is 5.92 Å². The number of aliphatic hydroxyl groups excluding tert-OH is 1. The first-order valence-electron chi connectivity index (χ1n) is 5.86. The van der Waals surface area contributed by atoms with Crippen LogP contribution in [0.3, 0.4) is 0 Å². The Morgan fingerprint density at radius 1 is 1.40 bits per heavy atom. The summed E-state index contributed by atoms with van der Waals surface area (Å²) in [7, 11) is 1.73. The monoisotopic (exact) mass is 217 g/mol. The van der Waals surface area contributed by atoms with Crippen molar-refractivity contribution in [3.8, 4) is 0 Å². The number of nitrogens with one attached hydrogen (secondary N) is 1. The molecule has 0 saturated heterocycles. The van der Waals surface area contributed by atoms with Crippen molar-refractivity contribution in [2.45, 2.75) is 52.1 Å². The molecule has 0 bridgehead atoms. The molecular formula is C12H27NO2. The highest BCUT2D eigenvalue weighted by atomic mass is 16.5. The van der Waals surface area contributed by atoms with E-state index in [2.05, 4.69) is 33.0 Å². The molecule has 0 spiro atoms. The molecule has 3 nitrogen and oxygen atoms in total. The maximum atomic E-state index is 9.04. The summed E-state index contributed by atoms with van der Waals surface area (Å²) in [4.78, 5) is 0. The topological polar surface area (TPSA) is 41.5 Å². The van der Waals surface area contributed by atoms with Gasteiger partial charge in [-0.15, -0.1) is 0 Å². The normalized spacial score (nSPS) is 17.8. The van der Waals surface area contributed by atoms with Crippen molar-refractivity contribution in [2.75, 3.05) is 20.3 Å². The van der Waals surface area contributed by atoms with Crippen LogP contribution in [0.15, 0.2) is 0 Å². The smallest absolute Gasteiger partial charge is 0.0618 e. The Bertz CT molecular complexity index is 162. The summed E-state index contributed by atoms with van der Waals surface area (Å²) in [6.45, 7) is 9.63. The molecular weight excluding hydrogens is 190 g/mol. The van der Waals surface area contributed by atoms with Crippen LogP contribution in [-0.2, 0) is 4.74 Å². The fraction of sp³-hybridized carbons (Fsp3) is 1.00. The van der Waals surface area contributed by atoms with Crippen molar-refractivity contribution in [2.24, 2.45) is 5.92 Å². The van der Waals surface area contributed by atoms with Crippen LogP contribution >= 0.6 is 0 Å². The van der Waals surface area contributed by atoms with Gasteiger partial charge in [0.2, 0.25) is 0 Å². The quantitative estimate of drug-likeness (QED) is 0.651. The Labute approximate surface area is 94.2 Å². The Balaban J connectivity index is 4.33. The lowest BCUT2D eigenvalue weighted by molar-refractivity contribution is 0.114. The Morgan fingerprint density at radius 2 is 2.00 bits per heavy atom. The van der Waals surface area contributed by atoms with Crippen LogP contribution in [0.2, 0.25) is 0 Å². The third kappa shape index (κ3) is 5.50. The summed E-state index contributed by atoms with van der Waals surface area (Å²) in [5.41, 5.74) is 0.0161. The first-order chi connectivity index (χ1) is 6.99. The van der Waals surface area contributed by atoms with Crippen LogP contribution in [0.25, 0.3) is 0 Å². The van der Waals surface area contributed by atoms with Gasteiger partial charge < -0.3 is 15.2 Å². The van der Waals surface area contributed by atoms with Gasteiger partial charge in [0.25, 0.3) is 0 Å². The lowest BCUT2D eigenvalue weighted by Gasteiger charge is -2.35. The lowest BCUT2D eigenvalue weighted by atomic mass is 9.91. The van der Waals surface area contributed by atoms with Gasteiger partial charge in [-0.25, -0.2) is 0 Å². The fourth-order valence-electron chi connectivity index (χ4n) is 1.63. The van der Waals surface area contributed by atoms with Crippen molar-refractivity contribution >= 4 is 0 Å². The second-order valence-corrected chi connectivity index (χ2v) is 4.84. The molecule has 0 heterocycles. The number of methoxy groups -OCH3 is 1. The number of rotatable bonds is 8. The van der Waals surface area contributed by atoms with Crippen LogP contribution in [0.4, 0.5) is 0 Å². The van der Waals surface area contributed by atoms with E-state index in [0.717, 1.165) is 19.4 Å². The predicted octanol–water partition coefficient (Wildman–Crippen LogP) is 1.80. The van der Waals surface area contributed by atoms with E-state index < -0.39 is 0 Å². The van der Waals surface area contributed by atoms with Gasteiger partial charge in [-0.2, -0.15) is 0 Å². The van der Waals surface area contributed by atoms with Gasteiger partial charge in [0.15, 0.2) is 0 Å². The van der Waals surface area contributed by atoms with E-state index in [1.807, 2.05) is 0 Å². The molecule has 3 heteroatoms. The van der Waals surface area contributed by atoms with E-state index in [1.54, 1.807) is 7.11 Å². The molecule has 92 valence electrons. The highest BCUT2D eigenvalue weighted by molar-refractivity contribution is 4.86. The maximum absolute atomic E-state index is 9.04. The fourth-order valence-corrected chi connectivity index (χ4v) is 1.63. The van der Waals surface area contributed by atoms with E-state index >= 15 is 0 Å². The number of aliphatic hydroxyl groups is 1. The summed E-state index contributed by atoms with van der Waals surface area (Å²) < 4.78 is 5.21. The molecule has 0 aliphatic heterocycles. The number of hydrogen-bond acceptors (Lipinski definition) is 3. The largest absolute Gasteiger partial charge is 0.396 e. The molecule has 0 amide bonds. The SMILES string of the molecule is CCC(C)(CCO)NC(COC)C(C)C. The molecule has 2 atom stereocenters. The Hall–Kier alpha value is -0.120. The van der Waals surface area contributed by atoms with Crippen molar-refractivity contribution in [3.05, 3.63) is 0 Å². The van der Waals surface area contributed by atoms with Crippen LogP contribution < -0.4 is 5.32 Å². The molecule has 0 aliphatic rings. The molecule has 0 aliphatic carbocycles. The predicted molar refractivity (Wildman–Crippen MR) is 64.0 cm³/mol. The highest BCUT2D eigenvalue weighted by Gasteiger charge is 2.26. The summed E-state index contributed by atoms with van der Waals surface area (Å²) in [6.07, 6.45) is 1.80. The van der Waals surface area contributed by atoms with Crippen LogP contribution in [0.5, 0.6) is 0 Å². The highest BCUT2D eigenvalue weighted by Crippen LogP contribution is 2.17. The van der Waals surface area contributed by atoms with Crippen LogP contribution in [0.1, 0.15) is 40.5 Å². The van der Waals surface area contributed by atoms with Crippen molar-refractivity contribution in [1.29, 1.82) is 0 Å². The minimum absolute atomic E-state index is 0.0161. The molecule has 0 aromatic carbocycles. The number of ether oxygens (including phenoxy) is 1. The van der Waals surface area contributed by atoms with Gasteiger partial charge in [-0.3, -0.25) is 0 Å². The second-order valence-electron chi connectivity index (χ2n) is 4.84. The summed E-state index contributed by atoms with van der Waals surface area (Å²) in [5.74, 6) is 0.537. The van der Waals surface area contributed by atoms with E-state index in [0.29, 0.717) is 12.0 Å². The first-order valence-corrected chi connectivity index (χ1v) is 5.86. The van der Waals surface area contributed by atoms with E-state index in [-0.39, 0.29) is 12.1 Å². The first kappa shape index (κ1) is 14.9. The summed E-state index contributed by atoms with van der Waals surface area (Å²) >= 11 is 0. The van der Waals surface area contributed by atoms with Crippen molar-refractivity contribution in [1.82, 2.24) is 5.32 Å². The second kappa shape index (κ2) is 7.20. The molecule has 0 fully saturated rings. The molecule has 0 aromatic rings. The zero-order valence-electron chi connectivity index (χ0n) is 10.8. The van der Waals surface area contributed by atoms with Crippen LogP contribution in [-0.4, -0.2) is 37.0 Å². The van der Waals surface area contributed by atoms with Gasteiger partial charge in [0.1, 0.15) is 0 Å². The number of hydrogen-bond donors (Lipinski definition) is 2. The molecule has 2 unspecified atom stereocenters. The molecule has 0 rings (SSSR count). The van der Waals surface area contributed by atoms with Gasteiger partial charge in [0.05, 0.1) is 6.61 Å². The van der Waals surface area contributed by atoms with Gasteiger partial charge >= 0.3 is 0 Å². The minimum Gasteiger partial charge on any atom is -0.396 e. The minimum atomic E-state index is 0.0161. The molecule has 0 radical (unpaired) electrons. The Kier molecular flexibility index (Phi) is 7.14. The van der Waals surface area contributed by atoms with Crippen molar-refractivity contribution < 1.29 is 9.84 Å². The van der Waals surface area contributed by atoms with Crippen molar-refractivity contribution in [3.63, 3.8) is 0 Å². The lowest BCUT2D eigenvalue weighted by Crippen LogP contribution is -2.52. The molecule has 0 aromatic heterocycles. The zero-order valence-corrected chi connectivity index (χ0v) is 10.8. The zero-order chi connectivity index (χ0) is 11.9. The van der Waals surface area contributed by atoms with E-state index in [4.69, 9.17) is 9.84 Å².